The van der Waals surface area contributed by atoms with E-state index in [0.717, 1.165) is 39.2 Å². The van der Waals surface area contributed by atoms with E-state index in [2.05, 4.69) is 20.6 Å². The molecule has 31 heavy (non-hydrogen) atoms. The number of urea groups is 1. The summed E-state index contributed by atoms with van der Waals surface area (Å²) in [7, 11) is 0. The number of nitrogens with one attached hydrogen (secondary N) is 2. The monoisotopic (exact) mass is 434 g/mol. The third-order valence-electron chi connectivity index (χ3n) is 4.86. The Morgan fingerprint density at radius 1 is 1.13 bits per heavy atom. The highest BCUT2D eigenvalue weighted by Gasteiger charge is 2.23. The summed E-state index contributed by atoms with van der Waals surface area (Å²) in [4.78, 5) is 21.7. The number of hydrogen-bond acceptors (Lipinski definition) is 5. The van der Waals surface area contributed by atoms with E-state index in [0.29, 0.717) is 11.4 Å². The molecule has 4 aromatic rings. The number of fused-ring (bicyclic) bond motifs is 1. The number of carbonyl (C=O) groups is 1. The summed E-state index contributed by atoms with van der Waals surface area (Å²) in [5, 5.41) is 5.44. The number of rotatable bonds is 5. The average Bonchev–Trinajstić information content (AvgIpc) is 3.44. The van der Waals surface area contributed by atoms with Gasteiger partial charge < -0.3 is 15.4 Å². The molecule has 0 saturated heterocycles. The van der Waals surface area contributed by atoms with Crippen LogP contribution in [0.5, 0.6) is 11.5 Å². The maximum Gasteiger partial charge on any atom is 0.319 e. The molecule has 1 saturated carbocycles. The number of anilines is 1. The van der Waals surface area contributed by atoms with Gasteiger partial charge in [0.2, 0.25) is 0 Å². The van der Waals surface area contributed by atoms with Crippen LogP contribution in [0.3, 0.4) is 0 Å². The zero-order valence-electron chi connectivity index (χ0n) is 16.7. The molecule has 156 valence electrons. The Morgan fingerprint density at radius 3 is 2.74 bits per heavy atom. The fourth-order valence-corrected chi connectivity index (χ4v) is 4.14. The maximum absolute atomic E-state index is 14.7. The van der Waals surface area contributed by atoms with Gasteiger partial charge in [-0.2, -0.15) is 0 Å². The van der Waals surface area contributed by atoms with Crippen LogP contribution in [0.1, 0.15) is 18.4 Å². The standard InChI is InChI=1S/C23H19FN4O2S/c1-13-2-6-17(26-12-13)21-11-18-22(31-21)20(8-9-25-18)30-19-7-5-15(10-16(19)24)28-23(29)27-14-3-4-14/h2,5-12,14H,3-4H2,1H3,(H2,27,28,29). The number of amides is 2. The van der Waals surface area contributed by atoms with Crippen LogP contribution in [0.15, 0.2) is 54.9 Å². The molecule has 1 aliphatic rings. The van der Waals surface area contributed by atoms with Crippen LogP contribution < -0.4 is 15.4 Å². The van der Waals surface area contributed by atoms with Gasteiger partial charge in [-0.25, -0.2) is 9.18 Å². The Labute approximate surface area is 182 Å². The van der Waals surface area contributed by atoms with Gasteiger partial charge in [-0.05, 0) is 49.6 Å². The predicted octanol–water partition coefficient (Wildman–Crippen LogP) is 5.88. The van der Waals surface area contributed by atoms with Crippen molar-refractivity contribution in [3.8, 4) is 22.1 Å². The van der Waals surface area contributed by atoms with Gasteiger partial charge in [-0.15, -0.1) is 11.3 Å². The topological polar surface area (TPSA) is 76.1 Å². The molecule has 1 fully saturated rings. The minimum atomic E-state index is -0.564. The highest BCUT2D eigenvalue weighted by molar-refractivity contribution is 7.22. The summed E-state index contributed by atoms with van der Waals surface area (Å²) in [6.07, 6.45) is 5.42. The number of halogens is 1. The van der Waals surface area contributed by atoms with Crippen LogP contribution in [0, 0.1) is 12.7 Å². The summed E-state index contributed by atoms with van der Waals surface area (Å²) in [6.45, 7) is 1.99. The Kier molecular flexibility index (Phi) is 4.99. The third-order valence-corrected chi connectivity index (χ3v) is 6.02. The van der Waals surface area contributed by atoms with Gasteiger partial charge in [0.25, 0.3) is 0 Å². The molecule has 1 aliphatic carbocycles. The molecule has 0 bridgehead atoms. The Bertz CT molecular complexity index is 1270. The van der Waals surface area contributed by atoms with Gasteiger partial charge in [-0.3, -0.25) is 9.97 Å². The molecule has 2 amide bonds. The summed E-state index contributed by atoms with van der Waals surface area (Å²) in [6, 6.07) is 11.9. The molecule has 3 aromatic heterocycles. The van der Waals surface area contributed by atoms with Crippen LogP contribution in [-0.2, 0) is 0 Å². The van der Waals surface area contributed by atoms with Crippen molar-refractivity contribution < 1.29 is 13.9 Å². The third kappa shape index (κ3) is 4.34. The lowest BCUT2D eigenvalue weighted by atomic mass is 10.2. The van der Waals surface area contributed by atoms with Crippen LogP contribution in [0.25, 0.3) is 20.8 Å². The Hall–Kier alpha value is -3.52. The van der Waals surface area contributed by atoms with E-state index in [-0.39, 0.29) is 17.8 Å². The second kappa shape index (κ2) is 7.96. The van der Waals surface area contributed by atoms with Gasteiger partial charge in [0.05, 0.1) is 20.8 Å². The first-order valence-electron chi connectivity index (χ1n) is 9.92. The highest BCUT2D eigenvalue weighted by Crippen LogP contribution is 2.39. The van der Waals surface area contributed by atoms with Crippen molar-refractivity contribution >= 4 is 33.3 Å². The lowest BCUT2D eigenvalue weighted by Crippen LogP contribution is -2.30. The molecule has 0 atom stereocenters. The zero-order chi connectivity index (χ0) is 21.4. The van der Waals surface area contributed by atoms with Crippen molar-refractivity contribution in [3.05, 3.63) is 66.2 Å². The van der Waals surface area contributed by atoms with Gasteiger partial charge in [0, 0.05) is 36.3 Å². The molecular formula is C23H19FN4O2S. The first kappa shape index (κ1) is 19.4. The minimum absolute atomic E-state index is 0.0732. The molecule has 2 N–H and O–H groups in total. The fourth-order valence-electron chi connectivity index (χ4n) is 3.10. The van der Waals surface area contributed by atoms with Gasteiger partial charge in [0.15, 0.2) is 11.6 Å². The van der Waals surface area contributed by atoms with Gasteiger partial charge in [-0.1, -0.05) is 6.07 Å². The van der Waals surface area contributed by atoms with E-state index in [1.807, 2.05) is 31.3 Å². The highest BCUT2D eigenvalue weighted by atomic mass is 32.1. The van der Waals surface area contributed by atoms with E-state index in [4.69, 9.17) is 4.74 Å². The van der Waals surface area contributed by atoms with Crippen LogP contribution >= 0.6 is 11.3 Å². The fraction of sp³-hybridized carbons (Fsp3) is 0.174. The predicted molar refractivity (Wildman–Crippen MR) is 119 cm³/mol. The normalized spacial score (nSPS) is 13.2. The average molecular weight is 434 g/mol. The molecule has 0 unspecified atom stereocenters. The molecule has 8 heteroatoms. The first-order chi connectivity index (χ1) is 15.0. The SMILES string of the molecule is Cc1ccc(-c2cc3nccc(Oc4ccc(NC(=O)NC5CC5)cc4F)c3s2)nc1. The molecule has 1 aromatic carbocycles. The molecule has 5 rings (SSSR count). The second-order valence-corrected chi connectivity index (χ2v) is 8.53. The summed E-state index contributed by atoms with van der Waals surface area (Å²) < 4.78 is 21.3. The van der Waals surface area contributed by atoms with Crippen LogP contribution in [0.2, 0.25) is 0 Å². The lowest BCUT2D eigenvalue weighted by molar-refractivity contribution is 0.251. The number of nitrogens with zero attached hydrogens (tertiary/aromatic N) is 2. The van der Waals surface area contributed by atoms with E-state index in [9.17, 15) is 9.18 Å². The smallest absolute Gasteiger partial charge is 0.319 e. The number of ether oxygens (including phenoxy) is 1. The largest absolute Gasteiger partial charge is 0.453 e. The van der Waals surface area contributed by atoms with E-state index >= 15 is 0 Å². The number of thiophene rings is 1. The van der Waals surface area contributed by atoms with Crippen LogP contribution in [-0.4, -0.2) is 22.0 Å². The van der Waals surface area contributed by atoms with Gasteiger partial charge in [0.1, 0.15) is 5.75 Å². The number of aromatic nitrogens is 2. The molecule has 0 radical (unpaired) electrons. The van der Waals surface area contributed by atoms with Crippen molar-refractivity contribution in [2.75, 3.05) is 5.32 Å². The summed E-state index contributed by atoms with van der Waals surface area (Å²) in [5.41, 5.74) is 3.07. The molecule has 3 heterocycles. The van der Waals surface area contributed by atoms with E-state index in [1.54, 1.807) is 18.3 Å². The second-order valence-electron chi connectivity index (χ2n) is 7.47. The summed E-state index contributed by atoms with van der Waals surface area (Å²) in [5.74, 6) is 0.0228. The summed E-state index contributed by atoms with van der Waals surface area (Å²) >= 11 is 1.49. The van der Waals surface area contributed by atoms with E-state index < -0.39 is 5.82 Å². The Morgan fingerprint density at radius 2 is 2.00 bits per heavy atom. The van der Waals surface area contributed by atoms with Crippen LogP contribution in [0.4, 0.5) is 14.9 Å². The van der Waals surface area contributed by atoms with Crippen molar-refractivity contribution in [2.45, 2.75) is 25.8 Å². The zero-order valence-corrected chi connectivity index (χ0v) is 17.5. The number of pyridine rings is 2. The first-order valence-corrected chi connectivity index (χ1v) is 10.7. The molecular weight excluding hydrogens is 415 g/mol. The van der Waals surface area contributed by atoms with Crippen molar-refractivity contribution in [1.29, 1.82) is 0 Å². The Balaban J connectivity index is 1.38. The maximum atomic E-state index is 14.7. The molecule has 6 nitrogen and oxygen atoms in total. The molecule has 0 spiro atoms. The number of hydrogen-bond donors (Lipinski definition) is 2. The lowest BCUT2D eigenvalue weighted by Gasteiger charge is -2.10. The van der Waals surface area contributed by atoms with Crippen molar-refractivity contribution in [1.82, 2.24) is 15.3 Å². The van der Waals surface area contributed by atoms with E-state index in [1.165, 1.54) is 23.5 Å². The quantitative estimate of drug-likeness (QED) is 0.411. The number of carbonyl (C=O) groups excluding carboxylic acids is 1. The van der Waals surface area contributed by atoms with Crippen molar-refractivity contribution in [3.63, 3.8) is 0 Å². The minimum Gasteiger partial charge on any atom is -0.453 e. The number of benzene rings is 1. The number of aryl methyl sites for hydroxylation is 1. The molecule has 0 aliphatic heterocycles. The van der Waals surface area contributed by atoms with Crippen molar-refractivity contribution in [2.24, 2.45) is 0 Å². The van der Waals surface area contributed by atoms with Gasteiger partial charge >= 0.3 is 6.03 Å².